The van der Waals surface area contributed by atoms with E-state index in [1.165, 1.54) is 0 Å². The van der Waals surface area contributed by atoms with Gasteiger partial charge < -0.3 is 0 Å². The van der Waals surface area contributed by atoms with E-state index in [1.807, 2.05) is 27.7 Å². The van der Waals surface area contributed by atoms with Crippen LogP contribution in [-0.4, -0.2) is 36.9 Å². The number of hydrogen-bond acceptors (Lipinski definition) is 2. The van der Waals surface area contributed by atoms with Gasteiger partial charge in [-0.25, -0.2) is 12.7 Å². The van der Waals surface area contributed by atoms with Gasteiger partial charge in [0.25, 0.3) is 0 Å². The highest BCUT2D eigenvalue weighted by atomic mass is 79.9. The summed E-state index contributed by atoms with van der Waals surface area (Å²) in [6, 6.07) is 0. The summed E-state index contributed by atoms with van der Waals surface area (Å²) in [6.45, 7) is 8.90. The van der Waals surface area contributed by atoms with Gasteiger partial charge in [0.1, 0.15) is 0 Å². The normalized spacial score (nSPS) is 13.5. The average molecular weight is 300 g/mol. The molecule has 0 rings (SSSR count). The van der Waals surface area contributed by atoms with Crippen LogP contribution in [0.25, 0.3) is 0 Å². The predicted octanol–water partition coefficient (Wildman–Crippen LogP) is 2.47. The summed E-state index contributed by atoms with van der Waals surface area (Å²) in [5.41, 5.74) is -0.180. The molecule has 5 heteroatoms. The third kappa shape index (κ3) is 6.53. The van der Waals surface area contributed by atoms with Crippen LogP contribution >= 0.6 is 15.9 Å². The van der Waals surface area contributed by atoms with Gasteiger partial charge >= 0.3 is 0 Å². The molecule has 0 atom stereocenters. The topological polar surface area (TPSA) is 37.4 Å². The first-order chi connectivity index (χ1) is 6.73. The predicted molar refractivity (Wildman–Crippen MR) is 68.9 cm³/mol. The zero-order valence-corrected chi connectivity index (χ0v) is 12.5. The van der Waals surface area contributed by atoms with Crippen LogP contribution in [-0.2, 0) is 10.0 Å². The van der Waals surface area contributed by atoms with Gasteiger partial charge in [-0.2, -0.15) is 0 Å². The van der Waals surface area contributed by atoms with Crippen LogP contribution in [0.3, 0.4) is 0 Å². The number of hydrogen-bond donors (Lipinski definition) is 0. The molecule has 0 radical (unpaired) electrons. The van der Waals surface area contributed by atoms with Crippen LogP contribution < -0.4 is 0 Å². The van der Waals surface area contributed by atoms with E-state index in [4.69, 9.17) is 0 Å². The van der Waals surface area contributed by atoms with Crippen molar-refractivity contribution in [3.05, 3.63) is 0 Å². The standard InChI is InChI=1S/C10H22BrNO2S/c1-5-12(8-6-7-11)15(13,14)9-10(2,3)4/h5-9H2,1-4H3. The van der Waals surface area contributed by atoms with Crippen molar-refractivity contribution in [1.29, 1.82) is 0 Å². The quantitative estimate of drug-likeness (QED) is 0.707. The Morgan fingerprint density at radius 2 is 1.80 bits per heavy atom. The lowest BCUT2D eigenvalue weighted by atomic mass is 10.0. The first-order valence-electron chi connectivity index (χ1n) is 5.26. The van der Waals surface area contributed by atoms with Gasteiger partial charge in [0.05, 0.1) is 5.75 Å². The lowest BCUT2D eigenvalue weighted by molar-refractivity contribution is 0.399. The first kappa shape index (κ1) is 15.4. The van der Waals surface area contributed by atoms with Crippen molar-refractivity contribution in [2.75, 3.05) is 24.2 Å². The highest BCUT2D eigenvalue weighted by Gasteiger charge is 2.26. The third-order valence-electron chi connectivity index (χ3n) is 1.90. The van der Waals surface area contributed by atoms with Crippen molar-refractivity contribution in [1.82, 2.24) is 4.31 Å². The summed E-state index contributed by atoms with van der Waals surface area (Å²) in [6.07, 6.45) is 0.858. The van der Waals surface area contributed by atoms with Crippen LogP contribution in [0.2, 0.25) is 0 Å². The number of sulfonamides is 1. The Labute approximate surface area is 102 Å². The van der Waals surface area contributed by atoms with E-state index in [-0.39, 0.29) is 11.2 Å². The van der Waals surface area contributed by atoms with E-state index in [0.717, 1.165) is 11.8 Å². The van der Waals surface area contributed by atoms with Crippen LogP contribution in [0, 0.1) is 5.41 Å². The molecule has 0 bridgehead atoms. The zero-order chi connectivity index (χ0) is 12.1. The Morgan fingerprint density at radius 3 is 2.13 bits per heavy atom. The Bertz CT molecular complexity index is 270. The minimum atomic E-state index is -3.09. The lowest BCUT2D eigenvalue weighted by Gasteiger charge is -2.25. The smallest absolute Gasteiger partial charge is 0.212 e. The van der Waals surface area contributed by atoms with E-state index in [2.05, 4.69) is 15.9 Å². The van der Waals surface area contributed by atoms with Gasteiger partial charge in [0.15, 0.2) is 0 Å². The van der Waals surface area contributed by atoms with Crippen molar-refractivity contribution in [2.45, 2.75) is 34.1 Å². The Morgan fingerprint density at radius 1 is 1.27 bits per heavy atom. The highest BCUT2D eigenvalue weighted by molar-refractivity contribution is 9.09. The minimum absolute atomic E-state index is 0.180. The molecule has 0 aliphatic carbocycles. The van der Waals surface area contributed by atoms with Crippen molar-refractivity contribution < 1.29 is 8.42 Å². The molecule has 0 N–H and O–H groups in total. The molecule has 92 valence electrons. The lowest BCUT2D eigenvalue weighted by Crippen LogP contribution is -2.37. The van der Waals surface area contributed by atoms with E-state index >= 15 is 0 Å². The summed E-state index contributed by atoms with van der Waals surface area (Å²) in [4.78, 5) is 0. The van der Waals surface area contributed by atoms with E-state index < -0.39 is 10.0 Å². The van der Waals surface area contributed by atoms with Gasteiger partial charge in [-0.15, -0.1) is 0 Å². The first-order valence-corrected chi connectivity index (χ1v) is 8.00. The van der Waals surface area contributed by atoms with Crippen LogP contribution in [0.5, 0.6) is 0 Å². The molecule has 0 saturated heterocycles. The molecule has 15 heavy (non-hydrogen) atoms. The van der Waals surface area contributed by atoms with Crippen LogP contribution in [0.4, 0.5) is 0 Å². The fourth-order valence-corrected chi connectivity index (χ4v) is 3.70. The molecule has 0 aliphatic heterocycles. The molecular formula is C10H22BrNO2S. The van der Waals surface area contributed by atoms with Crippen molar-refractivity contribution in [3.8, 4) is 0 Å². The highest BCUT2D eigenvalue weighted by Crippen LogP contribution is 2.18. The maximum atomic E-state index is 12.0. The second-order valence-electron chi connectivity index (χ2n) is 4.85. The van der Waals surface area contributed by atoms with Crippen LogP contribution in [0.15, 0.2) is 0 Å². The number of rotatable bonds is 6. The monoisotopic (exact) mass is 299 g/mol. The summed E-state index contributed by atoms with van der Waals surface area (Å²) in [7, 11) is -3.09. The summed E-state index contributed by atoms with van der Waals surface area (Å²) >= 11 is 3.31. The molecule has 0 heterocycles. The zero-order valence-electron chi connectivity index (χ0n) is 10.1. The fraction of sp³-hybridized carbons (Fsp3) is 1.00. The van der Waals surface area contributed by atoms with Crippen molar-refractivity contribution in [2.24, 2.45) is 5.41 Å². The number of alkyl halides is 1. The minimum Gasteiger partial charge on any atom is -0.212 e. The summed E-state index contributed by atoms with van der Waals surface area (Å²) < 4.78 is 25.6. The molecule has 3 nitrogen and oxygen atoms in total. The van der Waals surface area contributed by atoms with Crippen LogP contribution in [0.1, 0.15) is 34.1 Å². The van der Waals surface area contributed by atoms with Gasteiger partial charge in [-0.1, -0.05) is 43.6 Å². The molecule has 0 saturated carbocycles. The molecule has 0 spiro atoms. The van der Waals surface area contributed by atoms with E-state index in [9.17, 15) is 8.42 Å². The molecular weight excluding hydrogens is 278 g/mol. The molecule has 0 fully saturated rings. The summed E-state index contributed by atoms with van der Waals surface area (Å²) in [5, 5.41) is 0.842. The third-order valence-corrected chi connectivity index (χ3v) is 4.92. The molecule has 0 aliphatic rings. The maximum absolute atomic E-state index is 12.0. The van der Waals surface area contributed by atoms with Gasteiger partial charge in [-0.3, -0.25) is 0 Å². The van der Waals surface area contributed by atoms with E-state index in [0.29, 0.717) is 13.1 Å². The van der Waals surface area contributed by atoms with Gasteiger partial charge in [0, 0.05) is 18.4 Å². The van der Waals surface area contributed by atoms with Gasteiger partial charge in [-0.05, 0) is 11.8 Å². The Hall–Kier alpha value is 0.390. The number of nitrogens with zero attached hydrogens (tertiary/aromatic N) is 1. The average Bonchev–Trinajstić information content (AvgIpc) is 2.00. The molecule has 0 aromatic heterocycles. The maximum Gasteiger partial charge on any atom is 0.214 e. The Kier molecular flexibility index (Phi) is 6.37. The second kappa shape index (κ2) is 6.21. The summed E-state index contributed by atoms with van der Waals surface area (Å²) in [5.74, 6) is 0.218. The SMILES string of the molecule is CCN(CCCBr)S(=O)(=O)CC(C)(C)C. The van der Waals surface area contributed by atoms with Gasteiger partial charge in [0.2, 0.25) is 10.0 Å². The largest absolute Gasteiger partial charge is 0.214 e. The second-order valence-corrected chi connectivity index (χ2v) is 7.61. The molecule has 0 aromatic rings. The van der Waals surface area contributed by atoms with Crippen molar-refractivity contribution in [3.63, 3.8) is 0 Å². The van der Waals surface area contributed by atoms with Crippen molar-refractivity contribution >= 4 is 26.0 Å². The number of halogens is 1. The van der Waals surface area contributed by atoms with E-state index in [1.54, 1.807) is 4.31 Å². The molecule has 0 aromatic carbocycles. The molecule has 0 unspecified atom stereocenters. The molecule has 0 amide bonds. The Balaban J connectivity index is 4.53. The fourth-order valence-electron chi connectivity index (χ4n) is 1.37.